The van der Waals surface area contributed by atoms with Crippen LogP contribution in [0.1, 0.15) is 23.7 Å². The molecule has 0 saturated carbocycles. The van der Waals surface area contributed by atoms with Gasteiger partial charge in [-0.15, -0.1) is 0 Å². The van der Waals surface area contributed by atoms with Crippen molar-refractivity contribution in [2.24, 2.45) is 0 Å². The maximum Gasteiger partial charge on any atom is 0.313 e. The second-order valence-corrected chi connectivity index (χ2v) is 4.15. The summed E-state index contributed by atoms with van der Waals surface area (Å²) in [5, 5.41) is 21.1. The first-order valence-electron chi connectivity index (χ1n) is 5.59. The molecule has 0 fully saturated rings. The van der Waals surface area contributed by atoms with Crippen LogP contribution in [0.4, 0.5) is 11.4 Å². The van der Waals surface area contributed by atoms with Crippen LogP contribution < -0.4 is 0 Å². The summed E-state index contributed by atoms with van der Waals surface area (Å²) in [7, 11) is 0. The van der Waals surface area contributed by atoms with E-state index in [1.165, 1.54) is 6.92 Å². The Morgan fingerprint density at radius 1 is 1.19 bits per heavy atom. The molecule has 1 rings (SSSR count). The molecule has 21 heavy (non-hydrogen) atoms. The van der Waals surface area contributed by atoms with Gasteiger partial charge in [-0.3, -0.25) is 29.8 Å². The Morgan fingerprint density at radius 2 is 1.76 bits per heavy atom. The molecule has 0 saturated heterocycles. The van der Waals surface area contributed by atoms with Gasteiger partial charge in [0.15, 0.2) is 5.78 Å². The molecule has 0 spiro atoms. The maximum absolute atomic E-state index is 11.9. The predicted molar refractivity (Wildman–Crippen MR) is 70.3 cm³/mol. The number of hydrogen-bond acceptors (Lipinski definition) is 7. The van der Waals surface area contributed by atoms with Crippen LogP contribution in [0.15, 0.2) is 12.1 Å². The zero-order chi connectivity index (χ0) is 16.2. The molecule has 0 aliphatic carbocycles. The number of ketones is 1. The van der Waals surface area contributed by atoms with Crippen LogP contribution in [-0.2, 0) is 9.53 Å². The molecule has 0 aliphatic rings. The van der Waals surface area contributed by atoms with E-state index >= 15 is 0 Å². The molecule has 0 heterocycles. The maximum atomic E-state index is 11.9. The van der Waals surface area contributed by atoms with E-state index < -0.39 is 50.0 Å². The van der Waals surface area contributed by atoms with E-state index in [1.54, 1.807) is 0 Å². The van der Waals surface area contributed by atoms with E-state index in [4.69, 9.17) is 11.6 Å². The van der Waals surface area contributed by atoms with Crippen molar-refractivity contribution >= 4 is 34.7 Å². The van der Waals surface area contributed by atoms with E-state index in [2.05, 4.69) is 4.74 Å². The predicted octanol–water partition coefficient (Wildman–Crippen LogP) is 2.29. The summed E-state index contributed by atoms with van der Waals surface area (Å²) in [5.41, 5.74) is -1.97. The lowest BCUT2D eigenvalue weighted by Gasteiger charge is -2.04. The Hall–Kier alpha value is -2.55. The molecule has 0 radical (unpaired) electrons. The summed E-state index contributed by atoms with van der Waals surface area (Å²) in [6, 6.07) is 1.39. The zero-order valence-corrected chi connectivity index (χ0v) is 11.5. The van der Waals surface area contributed by atoms with Crippen molar-refractivity contribution in [1.82, 2.24) is 0 Å². The van der Waals surface area contributed by atoms with Crippen LogP contribution in [0.5, 0.6) is 0 Å². The molecule has 0 aliphatic heterocycles. The summed E-state index contributed by atoms with van der Waals surface area (Å²) in [5.74, 6) is -1.76. The highest BCUT2D eigenvalue weighted by Gasteiger charge is 2.28. The highest BCUT2D eigenvalue weighted by molar-refractivity contribution is 6.33. The summed E-state index contributed by atoms with van der Waals surface area (Å²) in [6.07, 6.45) is -0.719. The molecule has 0 bridgehead atoms. The number of carbonyl (C=O) groups is 2. The van der Waals surface area contributed by atoms with Crippen molar-refractivity contribution in [1.29, 1.82) is 0 Å². The van der Waals surface area contributed by atoms with Gasteiger partial charge in [0.05, 0.1) is 28.1 Å². The van der Waals surface area contributed by atoms with Crippen LogP contribution in [0.3, 0.4) is 0 Å². The number of nitro benzene ring substituents is 2. The van der Waals surface area contributed by atoms with Gasteiger partial charge in [-0.2, -0.15) is 0 Å². The van der Waals surface area contributed by atoms with Gasteiger partial charge in [0.1, 0.15) is 11.4 Å². The normalized spacial score (nSPS) is 10.0. The summed E-state index contributed by atoms with van der Waals surface area (Å²) in [6.45, 7) is 1.59. The van der Waals surface area contributed by atoms with Gasteiger partial charge in [-0.25, -0.2) is 0 Å². The highest BCUT2D eigenvalue weighted by atomic mass is 35.5. The lowest BCUT2D eigenvalue weighted by Crippen LogP contribution is -2.13. The van der Waals surface area contributed by atoms with Crippen LogP contribution in [0.2, 0.25) is 5.02 Å². The van der Waals surface area contributed by atoms with Crippen molar-refractivity contribution in [3.63, 3.8) is 0 Å². The molecular formula is C11H9ClN2O7. The number of benzene rings is 1. The first-order chi connectivity index (χ1) is 9.77. The molecular weight excluding hydrogens is 308 g/mol. The SMILES string of the molecule is CCOC(=O)CC(=O)c1cc(Cl)c([N+](=O)[O-])cc1[N+](=O)[O-]. The van der Waals surface area contributed by atoms with Crippen molar-refractivity contribution in [2.75, 3.05) is 6.61 Å². The molecule has 0 N–H and O–H groups in total. The molecule has 9 nitrogen and oxygen atoms in total. The number of hydrogen-bond donors (Lipinski definition) is 0. The monoisotopic (exact) mass is 316 g/mol. The van der Waals surface area contributed by atoms with E-state index in [9.17, 15) is 29.8 Å². The molecule has 1 aromatic carbocycles. The number of Topliss-reactive ketones (excluding diaryl/α,β-unsaturated/α-hetero) is 1. The van der Waals surface area contributed by atoms with Gasteiger partial charge in [-0.1, -0.05) is 11.6 Å². The van der Waals surface area contributed by atoms with Crippen LogP contribution in [0, 0.1) is 20.2 Å². The van der Waals surface area contributed by atoms with Gasteiger partial charge < -0.3 is 4.74 Å². The second-order valence-electron chi connectivity index (χ2n) is 3.74. The Bertz CT molecular complexity index is 629. The van der Waals surface area contributed by atoms with Crippen molar-refractivity contribution < 1.29 is 24.2 Å². The highest BCUT2D eigenvalue weighted by Crippen LogP contribution is 2.32. The van der Waals surface area contributed by atoms with E-state index in [-0.39, 0.29) is 6.61 Å². The van der Waals surface area contributed by atoms with Gasteiger partial charge in [0.25, 0.3) is 11.4 Å². The van der Waals surface area contributed by atoms with Gasteiger partial charge >= 0.3 is 5.97 Å². The van der Waals surface area contributed by atoms with Gasteiger partial charge in [0, 0.05) is 0 Å². The van der Waals surface area contributed by atoms with E-state index in [0.717, 1.165) is 6.07 Å². The summed E-state index contributed by atoms with van der Waals surface area (Å²) >= 11 is 5.61. The van der Waals surface area contributed by atoms with E-state index in [0.29, 0.717) is 6.07 Å². The minimum absolute atomic E-state index is 0.0508. The minimum Gasteiger partial charge on any atom is -0.466 e. The number of ether oxygens (including phenoxy) is 1. The quantitative estimate of drug-likeness (QED) is 0.259. The Kier molecular flexibility index (Phi) is 5.30. The standard InChI is InChI=1S/C11H9ClN2O7/c1-2-21-11(16)5-10(15)6-3-7(12)9(14(19)20)4-8(6)13(17)18/h3-4H,2,5H2,1H3. The fourth-order valence-corrected chi connectivity index (χ4v) is 1.74. The number of carbonyl (C=O) groups excluding carboxylic acids is 2. The molecule has 0 unspecified atom stereocenters. The summed E-state index contributed by atoms with van der Waals surface area (Å²) in [4.78, 5) is 42.8. The van der Waals surface area contributed by atoms with Crippen molar-refractivity contribution in [2.45, 2.75) is 13.3 Å². The molecule has 10 heteroatoms. The van der Waals surface area contributed by atoms with Gasteiger partial charge in [-0.05, 0) is 13.0 Å². The molecule has 0 amide bonds. The molecule has 0 atom stereocenters. The average molecular weight is 317 g/mol. The third-order valence-corrected chi connectivity index (χ3v) is 2.67. The fraction of sp³-hybridized carbons (Fsp3) is 0.273. The minimum atomic E-state index is -0.957. The third-order valence-electron chi connectivity index (χ3n) is 2.37. The Morgan fingerprint density at radius 3 is 2.24 bits per heavy atom. The Balaban J connectivity index is 3.25. The number of halogens is 1. The molecule has 112 valence electrons. The first kappa shape index (κ1) is 16.5. The lowest BCUT2D eigenvalue weighted by molar-refractivity contribution is -0.394. The number of rotatable bonds is 6. The topological polar surface area (TPSA) is 130 Å². The second kappa shape index (κ2) is 6.75. The number of nitro groups is 2. The number of nitrogens with zero attached hydrogens (tertiary/aromatic N) is 2. The van der Waals surface area contributed by atoms with Crippen molar-refractivity contribution in [3.8, 4) is 0 Å². The summed E-state index contributed by atoms with van der Waals surface area (Å²) < 4.78 is 4.56. The largest absolute Gasteiger partial charge is 0.466 e. The lowest BCUT2D eigenvalue weighted by atomic mass is 10.1. The van der Waals surface area contributed by atoms with Crippen LogP contribution >= 0.6 is 11.6 Å². The number of esters is 1. The molecule has 0 aromatic heterocycles. The fourth-order valence-electron chi connectivity index (χ4n) is 1.50. The van der Waals surface area contributed by atoms with Gasteiger partial charge in [0.2, 0.25) is 0 Å². The van der Waals surface area contributed by atoms with E-state index in [1.807, 2.05) is 0 Å². The van der Waals surface area contributed by atoms with Crippen LogP contribution in [-0.4, -0.2) is 28.2 Å². The smallest absolute Gasteiger partial charge is 0.313 e. The van der Waals surface area contributed by atoms with Crippen molar-refractivity contribution in [3.05, 3.63) is 42.9 Å². The zero-order valence-electron chi connectivity index (χ0n) is 10.7. The average Bonchev–Trinajstić information content (AvgIpc) is 2.37. The molecule has 1 aromatic rings. The first-order valence-corrected chi connectivity index (χ1v) is 5.96. The third kappa shape index (κ3) is 3.96. The Labute approximate surface area is 122 Å². The van der Waals surface area contributed by atoms with Crippen LogP contribution in [0.25, 0.3) is 0 Å².